The Morgan fingerprint density at radius 2 is 1.76 bits per heavy atom. The van der Waals surface area contributed by atoms with Crippen molar-refractivity contribution in [3.63, 3.8) is 0 Å². The Bertz CT molecular complexity index is 702. The van der Waals surface area contributed by atoms with Crippen molar-refractivity contribution in [2.24, 2.45) is 0 Å². The van der Waals surface area contributed by atoms with Crippen molar-refractivity contribution in [1.29, 1.82) is 0 Å². The summed E-state index contributed by atoms with van der Waals surface area (Å²) in [5.41, 5.74) is -1.08. The van der Waals surface area contributed by atoms with E-state index in [-0.39, 0.29) is 11.8 Å². The molecule has 0 saturated carbocycles. The predicted octanol–water partition coefficient (Wildman–Crippen LogP) is 3.56. The first kappa shape index (κ1) is 25.1. The van der Waals surface area contributed by atoms with E-state index < -0.39 is 29.1 Å². The summed E-state index contributed by atoms with van der Waals surface area (Å²) in [4.78, 5) is 37.4. The molecule has 1 heterocycles. The Morgan fingerprint density at radius 1 is 1.10 bits per heavy atom. The van der Waals surface area contributed by atoms with Crippen LogP contribution in [-0.2, 0) is 14.3 Å². The highest BCUT2D eigenvalue weighted by atomic mass is 32.2. The number of hydrogen-bond donors (Lipinski definition) is 2. The number of alkyl carbamates (subject to hydrolysis) is 1. The molecule has 0 aliphatic heterocycles. The summed E-state index contributed by atoms with van der Waals surface area (Å²) >= 11 is 1.69. The number of carbonyl (C=O) groups excluding carboxylic acids is 2. The summed E-state index contributed by atoms with van der Waals surface area (Å²) in [5.74, 6) is 0.996. The van der Waals surface area contributed by atoms with Crippen molar-refractivity contribution in [2.45, 2.75) is 84.5 Å². The zero-order valence-electron chi connectivity index (χ0n) is 18.1. The number of rotatable bonds is 10. The largest absolute Gasteiger partial charge is 0.460 e. The summed E-state index contributed by atoms with van der Waals surface area (Å²) in [6.45, 7) is 10.9. The molecule has 1 atom stereocenters. The highest BCUT2D eigenvalue weighted by Gasteiger charge is 2.23. The van der Waals surface area contributed by atoms with Gasteiger partial charge in [-0.1, -0.05) is 5.16 Å². The van der Waals surface area contributed by atoms with Gasteiger partial charge in [0.05, 0.1) is 6.04 Å². The van der Waals surface area contributed by atoms with E-state index in [1.807, 2.05) is 20.8 Å². The lowest BCUT2D eigenvalue weighted by atomic mass is 10.2. The fraction of sp³-hybridized carbons (Fsp3) is 0.789. The van der Waals surface area contributed by atoms with E-state index in [0.717, 1.165) is 24.3 Å². The minimum absolute atomic E-state index is 0.181. The van der Waals surface area contributed by atoms with Crippen molar-refractivity contribution in [1.82, 2.24) is 15.5 Å². The number of thioether (sulfide) groups is 1. The smallest absolute Gasteiger partial charge is 0.438 e. The molecule has 1 amide bonds. The zero-order valence-corrected chi connectivity index (χ0v) is 18.9. The Kier molecular flexibility index (Phi) is 9.75. The standard InChI is InChI=1S/C19H33N3O6S/c1-18(2,3)26-14(23)9-7-8-11-29-12-10-13(15-21-17(25)28-22-15)20-16(24)27-19(4,5)6/h13H,7-12H2,1-6H3,(H,20,24)(H,21,22,25). The first-order valence-electron chi connectivity index (χ1n) is 9.71. The summed E-state index contributed by atoms with van der Waals surface area (Å²) in [5, 5.41) is 6.38. The highest BCUT2D eigenvalue weighted by molar-refractivity contribution is 7.99. The molecule has 1 aromatic rings. The summed E-state index contributed by atoms with van der Waals surface area (Å²) < 4.78 is 15.1. The normalized spacial score (nSPS) is 13.0. The Morgan fingerprint density at radius 3 is 2.31 bits per heavy atom. The molecule has 0 aliphatic carbocycles. The number of carbonyl (C=O) groups is 2. The second-order valence-electron chi connectivity index (χ2n) is 8.62. The number of esters is 1. The number of aromatic amines is 1. The lowest BCUT2D eigenvalue weighted by Crippen LogP contribution is -2.35. The molecule has 0 spiro atoms. The third-order valence-corrected chi connectivity index (χ3v) is 4.47. The minimum atomic E-state index is -0.675. The van der Waals surface area contributed by atoms with Crippen LogP contribution in [0.5, 0.6) is 0 Å². The summed E-state index contributed by atoms with van der Waals surface area (Å²) in [7, 11) is 0. The first-order chi connectivity index (χ1) is 13.4. The second kappa shape index (κ2) is 11.3. The van der Waals surface area contributed by atoms with Crippen LogP contribution >= 0.6 is 11.8 Å². The van der Waals surface area contributed by atoms with Crippen LogP contribution in [0.2, 0.25) is 0 Å². The van der Waals surface area contributed by atoms with Crippen molar-refractivity contribution in [2.75, 3.05) is 11.5 Å². The topological polar surface area (TPSA) is 124 Å². The van der Waals surface area contributed by atoms with Crippen LogP contribution in [0.3, 0.4) is 0 Å². The van der Waals surface area contributed by atoms with Gasteiger partial charge in [-0.3, -0.25) is 14.3 Å². The van der Waals surface area contributed by atoms with E-state index in [1.54, 1.807) is 32.5 Å². The van der Waals surface area contributed by atoms with Crippen LogP contribution in [0.1, 0.15) is 79.1 Å². The molecule has 166 valence electrons. The Labute approximate surface area is 175 Å². The number of unbranched alkanes of at least 4 members (excludes halogenated alkanes) is 1. The zero-order chi connectivity index (χ0) is 22.1. The quantitative estimate of drug-likeness (QED) is 0.426. The molecule has 0 aliphatic rings. The van der Waals surface area contributed by atoms with E-state index in [4.69, 9.17) is 9.47 Å². The maximum Gasteiger partial charge on any atom is 0.438 e. The van der Waals surface area contributed by atoms with Gasteiger partial charge in [0.25, 0.3) is 0 Å². The van der Waals surface area contributed by atoms with Crippen molar-refractivity contribution in [3.8, 4) is 0 Å². The molecule has 1 rings (SSSR count). The molecule has 29 heavy (non-hydrogen) atoms. The van der Waals surface area contributed by atoms with Gasteiger partial charge in [0.2, 0.25) is 0 Å². The van der Waals surface area contributed by atoms with E-state index in [9.17, 15) is 14.4 Å². The van der Waals surface area contributed by atoms with E-state index >= 15 is 0 Å². The monoisotopic (exact) mass is 431 g/mol. The third-order valence-electron chi connectivity index (χ3n) is 3.37. The minimum Gasteiger partial charge on any atom is -0.460 e. The van der Waals surface area contributed by atoms with Crippen molar-refractivity contribution in [3.05, 3.63) is 16.4 Å². The van der Waals surface area contributed by atoms with Gasteiger partial charge >= 0.3 is 17.8 Å². The number of aromatic nitrogens is 2. The molecule has 1 unspecified atom stereocenters. The number of hydrogen-bond acceptors (Lipinski definition) is 8. The van der Waals surface area contributed by atoms with Crippen LogP contribution in [-0.4, -0.2) is 44.9 Å². The van der Waals surface area contributed by atoms with E-state index in [2.05, 4.69) is 20.0 Å². The average Bonchev–Trinajstić information content (AvgIpc) is 2.95. The van der Waals surface area contributed by atoms with Gasteiger partial charge in [-0.15, -0.1) is 0 Å². The van der Waals surface area contributed by atoms with Crippen LogP contribution < -0.4 is 11.1 Å². The van der Waals surface area contributed by atoms with Gasteiger partial charge in [-0.2, -0.15) is 11.8 Å². The van der Waals surface area contributed by atoms with Gasteiger partial charge in [0, 0.05) is 6.42 Å². The lowest BCUT2D eigenvalue weighted by molar-refractivity contribution is -0.154. The van der Waals surface area contributed by atoms with Crippen molar-refractivity contribution < 1.29 is 23.6 Å². The van der Waals surface area contributed by atoms with Crippen LogP contribution in [0.25, 0.3) is 0 Å². The second-order valence-corrected chi connectivity index (χ2v) is 9.85. The SMILES string of the molecule is CC(C)(C)OC(=O)CCCCSCCC(NC(=O)OC(C)(C)C)c1noc(=O)[nH]1. The maximum absolute atomic E-state index is 12.1. The lowest BCUT2D eigenvalue weighted by Gasteiger charge is -2.22. The molecular weight excluding hydrogens is 398 g/mol. The first-order valence-corrected chi connectivity index (χ1v) is 10.9. The number of ether oxygens (including phenoxy) is 2. The fourth-order valence-corrected chi connectivity index (χ4v) is 3.30. The molecule has 2 N–H and O–H groups in total. The molecule has 1 aromatic heterocycles. The van der Waals surface area contributed by atoms with Gasteiger partial charge in [-0.25, -0.2) is 9.59 Å². The molecule has 0 radical (unpaired) electrons. The number of nitrogens with zero attached hydrogens (tertiary/aromatic N) is 1. The number of nitrogens with one attached hydrogen (secondary N) is 2. The molecule has 10 heteroatoms. The number of H-pyrrole nitrogens is 1. The van der Waals surface area contributed by atoms with Gasteiger partial charge in [-0.05, 0) is 72.3 Å². The molecule has 0 bridgehead atoms. The Balaban J connectivity index is 2.37. The molecule has 9 nitrogen and oxygen atoms in total. The molecule has 0 aromatic carbocycles. The molecular formula is C19H33N3O6S. The van der Waals surface area contributed by atoms with Gasteiger partial charge in [0.1, 0.15) is 11.2 Å². The molecule has 0 saturated heterocycles. The van der Waals surface area contributed by atoms with E-state index in [0.29, 0.717) is 12.8 Å². The molecule has 0 fully saturated rings. The van der Waals surface area contributed by atoms with Crippen LogP contribution in [0, 0.1) is 0 Å². The maximum atomic E-state index is 12.1. The average molecular weight is 432 g/mol. The highest BCUT2D eigenvalue weighted by Crippen LogP contribution is 2.18. The third kappa shape index (κ3) is 12.2. The van der Waals surface area contributed by atoms with Crippen LogP contribution in [0.15, 0.2) is 9.32 Å². The van der Waals surface area contributed by atoms with Crippen molar-refractivity contribution >= 4 is 23.8 Å². The summed E-state index contributed by atoms with van der Waals surface area (Å²) in [6, 6.07) is -0.523. The van der Waals surface area contributed by atoms with Gasteiger partial charge < -0.3 is 14.8 Å². The predicted molar refractivity (Wildman–Crippen MR) is 111 cm³/mol. The van der Waals surface area contributed by atoms with Crippen LogP contribution in [0.4, 0.5) is 4.79 Å². The Hall–Kier alpha value is -1.97. The van der Waals surface area contributed by atoms with E-state index in [1.165, 1.54) is 0 Å². The number of amides is 1. The van der Waals surface area contributed by atoms with Gasteiger partial charge in [0.15, 0.2) is 5.82 Å². The fourth-order valence-electron chi connectivity index (χ4n) is 2.29. The summed E-state index contributed by atoms with van der Waals surface area (Å²) in [6.07, 6.45) is 2.00.